The Hall–Kier alpha value is -3.57. The SMILES string of the molecule is CCc1ccc(Oc2ccc(S(=O)(=O)c3ccc(Oc4ccc(C)cc4)cc3)cc2)cc1. The van der Waals surface area contributed by atoms with Gasteiger partial charge in [-0.05, 0) is 91.7 Å². The zero-order chi connectivity index (χ0) is 22.6. The van der Waals surface area contributed by atoms with Crippen LogP contribution in [0.1, 0.15) is 18.1 Å². The van der Waals surface area contributed by atoms with E-state index in [1.54, 1.807) is 48.5 Å². The van der Waals surface area contributed by atoms with Crippen LogP contribution in [0.2, 0.25) is 0 Å². The van der Waals surface area contributed by atoms with Gasteiger partial charge in [-0.25, -0.2) is 8.42 Å². The number of benzene rings is 4. The third-order valence-corrected chi connectivity index (χ3v) is 6.88. The molecule has 0 saturated carbocycles. The van der Waals surface area contributed by atoms with Gasteiger partial charge >= 0.3 is 0 Å². The Kier molecular flexibility index (Phi) is 6.28. The van der Waals surface area contributed by atoms with E-state index in [4.69, 9.17) is 9.47 Å². The van der Waals surface area contributed by atoms with Crippen molar-refractivity contribution in [2.45, 2.75) is 30.1 Å². The number of ether oxygens (including phenoxy) is 2. The lowest BCUT2D eigenvalue weighted by atomic mass is 10.2. The fourth-order valence-electron chi connectivity index (χ4n) is 3.18. The third-order valence-electron chi connectivity index (χ3n) is 5.09. The Morgan fingerprint density at radius 3 is 1.28 bits per heavy atom. The molecule has 4 rings (SSSR count). The Balaban J connectivity index is 1.46. The molecule has 0 aromatic heterocycles. The van der Waals surface area contributed by atoms with Gasteiger partial charge in [0.1, 0.15) is 23.0 Å². The van der Waals surface area contributed by atoms with Crippen molar-refractivity contribution in [1.29, 1.82) is 0 Å². The smallest absolute Gasteiger partial charge is 0.206 e. The molecular formula is C27H24O4S. The summed E-state index contributed by atoms with van der Waals surface area (Å²) in [7, 11) is -3.64. The number of hydrogen-bond acceptors (Lipinski definition) is 4. The maximum atomic E-state index is 13.0. The predicted molar refractivity (Wildman–Crippen MR) is 125 cm³/mol. The monoisotopic (exact) mass is 444 g/mol. The first-order valence-corrected chi connectivity index (χ1v) is 11.9. The van der Waals surface area contributed by atoms with Crippen LogP contribution in [-0.4, -0.2) is 8.42 Å². The van der Waals surface area contributed by atoms with Gasteiger partial charge in [0.2, 0.25) is 9.84 Å². The molecule has 0 aliphatic rings. The summed E-state index contributed by atoms with van der Waals surface area (Å²) in [4.78, 5) is 0.413. The van der Waals surface area contributed by atoms with Crippen LogP contribution in [0, 0.1) is 6.92 Å². The van der Waals surface area contributed by atoms with Crippen LogP contribution in [0.15, 0.2) is 107 Å². The van der Waals surface area contributed by atoms with Crippen molar-refractivity contribution in [1.82, 2.24) is 0 Å². The highest BCUT2D eigenvalue weighted by atomic mass is 32.2. The maximum absolute atomic E-state index is 13.0. The highest BCUT2D eigenvalue weighted by Crippen LogP contribution is 2.28. The van der Waals surface area contributed by atoms with Gasteiger partial charge in [-0.1, -0.05) is 36.8 Å². The first-order chi connectivity index (χ1) is 15.4. The molecule has 0 unspecified atom stereocenters. The topological polar surface area (TPSA) is 52.6 Å². The largest absolute Gasteiger partial charge is 0.457 e. The van der Waals surface area contributed by atoms with Crippen LogP contribution >= 0.6 is 0 Å². The number of hydrogen-bond donors (Lipinski definition) is 0. The molecule has 32 heavy (non-hydrogen) atoms. The van der Waals surface area contributed by atoms with E-state index in [-0.39, 0.29) is 9.79 Å². The molecule has 0 aliphatic carbocycles. The lowest BCUT2D eigenvalue weighted by Gasteiger charge is -2.10. The van der Waals surface area contributed by atoms with Gasteiger partial charge in [-0.3, -0.25) is 0 Å². The van der Waals surface area contributed by atoms with E-state index in [0.29, 0.717) is 23.0 Å². The van der Waals surface area contributed by atoms with Crippen molar-refractivity contribution in [3.05, 3.63) is 108 Å². The van der Waals surface area contributed by atoms with E-state index in [1.165, 1.54) is 5.56 Å². The minimum atomic E-state index is -3.64. The molecule has 4 aromatic carbocycles. The Bertz CT molecular complexity index is 1270. The van der Waals surface area contributed by atoms with Crippen LogP contribution in [0.5, 0.6) is 23.0 Å². The van der Waals surface area contributed by atoms with Gasteiger partial charge in [-0.2, -0.15) is 0 Å². The molecule has 0 N–H and O–H groups in total. The second kappa shape index (κ2) is 9.28. The fraction of sp³-hybridized carbons (Fsp3) is 0.111. The quantitative estimate of drug-likeness (QED) is 0.309. The highest BCUT2D eigenvalue weighted by molar-refractivity contribution is 7.91. The van der Waals surface area contributed by atoms with E-state index >= 15 is 0 Å². The highest BCUT2D eigenvalue weighted by Gasteiger charge is 2.18. The van der Waals surface area contributed by atoms with Crippen LogP contribution in [0.3, 0.4) is 0 Å². The standard InChI is InChI=1S/C27H24O4S/c1-3-21-6-10-23(11-7-21)31-25-14-18-27(19-15-25)32(28,29)26-16-12-24(13-17-26)30-22-8-4-20(2)5-9-22/h4-19H,3H2,1-2H3. The summed E-state index contributed by atoms with van der Waals surface area (Å²) in [6.07, 6.45) is 0.964. The number of aryl methyl sites for hydroxylation is 2. The van der Waals surface area contributed by atoms with Crippen LogP contribution in [-0.2, 0) is 16.3 Å². The van der Waals surface area contributed by atoms with E-state index < -0.39 is 9.84 Å². The molecule has 4 nitrogen and oxygen atoms in total. The normalized spacial score (nSPS) is 11.2. The number of sulfone groups is 1. The van der Waals surface area contributed by atoms with Crippen LogP contribution in [0.4, 0.5) is 0 Å². The van der Waals surface area contributed by atoms with Gasteiger partial charge in [0.25, 0.3) is 0 Å². The molecule has 0 radical (unpaired) electrons. The summed E-state index contributed by atoms with van der Waals surface area (Å²) in [6, 6.07) is 28.4. The minimum absolute atomic E-state index is 0.206. The van der Waals surface area contributed by atoms with Crippen molar-refractivity contribution < 1.29 is 17.9 Å². The molecule has 5 heteroatoms. The lowest BCUT2D eigenvalue weighted by molar-refractivity contribution is 0.482. The molecule has 0 amide bonds. The first-order valence-electron chi connectivity index (χ1n) is 10.4. The van der Waals surface area contributed by atoms with Crippen LogP contribution in [0.25, 0.3) is 0 Å². The maximum Gasteiger partial charge on any atom is 0.206 e. The minimum Gasteiger partial charge on any atom is -0.457 e. The Morgan fingerprint density at radius 1 is 0.562 bits per heavy atom. The molecule has 0 atom stereocenters. The zero-order valence-corrected chi connectivity index (χ0v) is 18.8. The zero-order valence-electron chi connectivity index (χ0n) is 18.0. The fourth-order valence-corrected chi connectivity index (χ4v) is 4.44. The molecule has 4 aromatic rings. The third kappa shape index (κ3) is 5.01. The molecule has 0 saturated heterocycles. The average Bonchev–Trinajstić information content (AvgIpc) is 2.82. The van der Waals surface area contributed by atoms with Crippen molar-refractivity contribution >= 4 is 9.84 Å². The predicted octanol–water partition coefficient (Wildman–Crippen LogP) is 6.97. The van der Waals surface area contributed by atoms with Crippen LogP contribution < -0.4 is 9.47 Å². The summed E-state index contributed by atoms with van der Waals surface area (Å²) >= 11 is 0. The van der Waals surface area contributed by atoms with Gasteiger partial charge < -0.3 is 9.47 Å². The molecular weight excluding hydrogens is 420 g/mol. The van der Waals surface area contributed by atoms with Gasteiger partial charge in [0, 0.05) is 0 Å². The summed E-state index contributed by atoms with van der Waals surface area (Å²) in [5.41, 5.74) is 2.37. The van der Waals surface area contributed by atoms with Gasteiger partial charge in [0.05, 0.1) is 9.79 Å². The second-order valence-corrected chi connectivity index (χ2v) is 9.41. The Labute approximate surface area is 189 Å². The first kappa shape index (κ1) is 21.7. The van der Waals surface area contributed by atoms with E-state index in [9.17, 15) is 8.42 Å². The van der Waals surface area contributed by atoms with E-state index in [2.05, 4.69) is 6.92 Å². The second-order valence-electron chi connectivity index (χ2n) is 7.46. The van der Waals surface area contributed by atoms with Gasteiger partial charge in [0.15, 0.2) is 0 Å². The molecule has 0 spiro atoms. The molecule has 162 valence electrons. The summed E-state index contributed by atoms with van der Waals surface area (Å²) in [5.74, 6) is 2.56. The van der Waals surface area contributed by atoms with Crippen molar-refractivity contribution in [3.63, 3.8) is 0 Å². The number of rotatable bonds is 7. The van der Waals surface area contributed by atoms with Gasteiger partial charge in [-0.15, -0.1) is 0 Å². The summed E-state index contributed by atoms with van der Waals surface area (Å²) in [6.45, 7) is 4.10. The van der Waals surface area contributed by atoms with E-state index in [0.717, 1.165) is 12.0 Å². The lowest BCUT2D eigenvalue weighted by Crippen LogP contribution is -2.01. The molecule has 0 bridgehead atoms. The van der Waals surface area contributed by atoms with E-state index in [1.807, 2.05) is 55.5 Å². The average molecular weight is 445 g/mol. The molecule has 0 aliphatic heterocycles. The van der Waals surface area contributed by atoms with Crippen molar-refractivity contribution in [3.8, 4) is 23.0 Å². The molecule has 0 fully saturated rings. The molecule has 0 heterocycles. The Morgan fingerprint density at radius 2 is 0.906 bits per heavy atom. The summed E-state index contributed by atoms with van der Waals surface area (Å²) in [5, 5.41) is 0. The van der Waals surface area contributed by atoms with Crippen molar-refractivity contribution in [2.24, 2.45) is 0 Å². The summed E-state index contributed by atoms with van der Waals surface area (Å²) < 4.78 is 37.6. The van der Waals surface area contributed by atoms with Crippen molar-refractivity contribution in [2.75, 3.05) is 0 Å².